The first-order valence-corrected chi connectivity index (χ1v) is 10.6. The Kier molecular flexibility index (Phi) is 5.50. The minimum absolute atomic E-state index is 0.391. The standard InChI is InChI=1S/C19H28N4O2S/c1-5-17-6-8-18(9-7-17)26(24,25)23-12-10-22(11-13-23)14-19-15(2)20-21(4)16(19)3/h6-9H,5,10-14H2,1-4H3. The predicted octanol–water partition coefficient (Wildman–Crippen LogP) is 2.11. The van der Waals surface area contributed by atoms with Crippen LogP contribution in [0.4, 0.5) is 0 Å². The molecule has 0 atom stereocenters. The number of hydrogen-bond donors (Lipinski definition) is 0. The highest BCUT2D eigenvalue weighted by Crippen LogP contribution is 2.20. The van der Waals surface area contributed by atoms with Gasteiger partial charge in [-0.15, -0.1) is 0 Å². The van der Waals surface area contributed by atoms with E-state index in [1.807, 2.05) is 30.8 Å². The zero-order valence-corrected chi connectivity index (χ0v) is 16.9. The molecule has 1 fully saturated rings. The molecule has 2 heterocycles. The lowest BCUT2D eigenvalue weighted by Crippen LogP contribution is -2.48. The Hall–Kier alpha value is -1.70. The highest BCUT2D eigenvalue weighted by molar-refractivity contribution is 7.89. The number of rotatable bonds is 5. The molecule has 0 aliphatic carbocycles. The van der Waals surface area contributed by atoms with E-state index < -0.39 is 10.0 Å². The molecular weight excluding hydrogens is 348 g/mol. The van der Waals surface area contributed by atoms with Gasteiger partial charge in [0.25, 0.3) is 0 Å². The number of sulfonamides is 1. The second kappa shape index (κ2) is 7.50. The lowest BCUT2D eigenvalue weighted by atomic mass is 10.1. The van der Waals surface area contributed by atoms with Crippen molar-refractivity contribution in [1.82, 2.24) is 19.0 Å². The van der Waals surface area contributed by atoms with Crippen LogP contribution in [0, 0.1) is 13.8 Å². The molecule has 142 valence electrons. The third-order valence-corrected chi connectivity index (χ3v) is 7.25. The summed E-state index contributed by atoms with van der Waals surface area (Å²) in [7, 11) is -1.45. The first kappa shape index (κ1) is 19.1. The molecule has 0 radical (unpaired) electrons. The fourth-order valence-electron chi connectivity index (χ4n) is 3.44. The van der Waals surface area contributed by atoms with Gasteiger partial charge in [0, 0.05) is 51.0 Å². The van der Waals surface area contributed by atoms with Crippen LogP contribution in [-0.4, -0.2) is 53.6 Å². The lowest BCUT2D eigenvalue weighted by Gasteiger charge is -2.34. The van der Waals surface area contributed by atoms with Crippen LogP contribution in [-0.2, 0) is 30.0 Å². The van der Waals surface area contributed by atoms with Crippen molar-refractivity contribution in [3.63, 3.8) is 0 Å². The molecule has 1 aromatic carbocycles. The summed E-state index contributed by atoms with van der Waals surface area (Å²) < 4.78 is 29.2. The van der Waals surface area contributed by atoms with Crippen LogP contribution in [0.25, 0.3) is 0 Å². The molecule has 1 aromatic heterocycles. The maximum absolute atomic E-state index is 12.9. The first-order valence-electron chi connectivity index (χ1n) is 9.13. The number of hydrogen-bond acceptors (Lipinski definition) is 4. The minimum atomic E-state index is -3.41. The van der Waals surface area contributed by atoms with Crippen molar-refractivity contribution in [3.05, 3.63) is 46.8 Å². The molecule has 7 heteroatoms. The molecule has 1 aliphatic heterocycles. The molecule has 2 aromatic rings. The molecule has 0 unspecified atom stereocenters. The van der Waals surface area contributed by atoms with E-state index in [1.54, 1.807) is 16.4 Å². The number of benzene rings is 1. The zero-order chi connectivity index (χ0) is 18.9. The van der Waals surface area contributed by atoms with Crippen molar-refractivity contribution in [2.45, 2.75) is 38.6 Å². The molecule has 1 saturated heterocycles. The van der Waals surface area contributed by atoms with Gasteiger partial charge in [0.05, 0.1) is 10.6 Å². The molecule has 0 spiro atoms. The van der Waals surface area contributed by atoms with E-state index in [-0.39, 0.29) is 0 Å². The van der Waals surface area contributed by atoms with Gasteiger partial charge in [-0.1, -0.05) is 19.1 Å². The number of nitrogens with zero attached hydrogens (tertiary/aromatic N) is 4. The van der Waals surface area contributed by atoms with Gasteiger partial charge in [0.1, 0.15) is 0 Å². The van der Waals surface area contributed by atoms with Crippen LogP contribution in [0.1, 0.15) is 29.4 Å². The number of aromatic nitrogens is 2. The van der Waals surface area contributed by atoms with Crippen molar-refractivity contribution in [1.29, 1.82) is 0 Å². The largest absolute Gasteiger partial charge is 0.296 e. The van der Waals surface area contributed by atoms with Gasteiger partial charge in [-0.05, 0) is 38.0 Å². The van der Waals surface area contributed by atoms with E-state index in [1.165, 1.54) is 11.3 Å². The lowest BCUT2D eigenvalue weighted by molar-refractivity contribution is 0.181. The van der Waals surface area contributed by atoms with E-state index in [2.05, 4.69) is 23.8 Å². The van der Waals surface area contributed by atoms with Crippen molar-refractivity contribution in [2.75, 3.05) is 26.2 Å². The van der Waals surface area contributed by atoms with E-state index in [9.17, 15) is 8.42 Å². The Morgan fingerprint density at radius 3 is 2.15 bits per heavy atom. The SMILES string of the molecule is CCc1ccc(S(=O)(=O)N2CCN(Cc3c(C)nn(C)c3C)CC2)cc1. The maximum Gasteiger partial charge on any atom is 0.243 e. The average Bonchev–Trinajstić information content (AvgIpc) is 2.88. The molecule has 6 nitrogen and oxygen atoms in total. The van der Waals surface area contributed by atoms with Crippen molar-refractivity contribution >= 4 is 10.0 Å². The van der Waals surface area contributed by atoms with Crippen LogP contribution in [0.5, 0.6) is 0 Å². The number of piperazine rings is 1. The highest BCUT2D eigenvalue weighted by atomic mass is 32.2. The van der Waals surface area contributed by atoms with E-state index in [0.29, 0.717) is 18.0 Å². The Balaban J connectivity index is 1.65. The molecule has 0 bridgehead atoms. The van der Waals surface area contributed by atoms with E-state index in [0.717, 1.165) is 37.3 Å². The van der Waals surface area contributed by atoms with Crippen molar-refractivity contribution in [3.8, 4) is 0 Å². The van der Waals surface area contributed by atoms with Crippen LogP contribution >= 0.6 is 0 Å². The van der Waals surface area contributed by atoms with Crippen molar-refractivity contribution < 1.29 is 8.42 Å². The average molecular weight is 377 g/mol. The van der Waals surface area contributed by atoms with Crippen LogP contribution in [0.3, 0.4) is 0 Å². The fraction of sp³-hybridized carbons (Fsp3) is 0.526. The topological polar surface area (TPSA) is 58.4 Å². The van der Waals surface area contributed by atoms with E-state index in [4.69, 9.17) is 0 Å². The third kappa shape index (κ3) is 3.70. The highest BCUT2D eigenvalue weighted by Gasteiger charge is 2.29. The third-order valence-electron chi connectivity index (χ3n) is 5.34. The summed E-state index contributed by atoms with van der Waals surface area (Å²) in [6.45, 7) is 9.52. The van der Waals surface area contributed by atoms with Gasteiger partial charge in [-0.3, -0.25) is 9.58 Å². The quantitative estimate of drug-likeness (QED) is 0.802. The second-order valence-corrected chi connectivity index (χ2v) is 8.89. The Morgan fingerprint density at radius 1 is 1.04 bits per heavy atom. The van der Waals surface area contributed by atoms with Gasteiger partial charge in [0.2, 0.25) is 10.0 Å². The Morgan fingerprint density at radius 2 is 1.65 bits per heavy atom. The summed E-state index contributed by atoms with van der Waals surface area (Å²) in [6, 6.07) is 7.25. The smallest absolute Gasteiger partial charge is 0.243 e. The summed E-state index contributed by atoms with van der Waals surface area (Å²) in [5.74, 6) is 0. The second-order valence-electron chi connectivity index (χ2n) is 6.95. The van der Waals surface area contributed by atoms with E-state index >= 15 is 0 Å². The maximum atomic E-state index is 12.9. The molecule has 0 N–H and O–H groups in total. The summed E-state index contributed by atoms with van der Waals surface area (Å²) in [5.41, 5.74) is 4.62. The normalized spacial score (nSPS) is 16.9. The summed E-state index contributed by atoms with van der Waals surface area (Å²) >= 11 is 0. The summed E-state index contributed by atoms with van der Waals surface area (Å²) in [5, 5.41) is 4.47. The first-order chi connectivity index (χ1) is 12.3. The molecule has 1 aliphatic rings. The van der Waals surface area contributed by atoms with Crippen LogP contribution in [0.2, 0.25) is 0 Å². The van der Waals surface area contributed by atoms with Gasteiger partial charge in [0.15, 0.2) is 0 Å². The van der Waals surface area contributed by atoms with Gasteiger partial charge in [-0.2, -0.15) is 9.40 Å². The van der Waals surface area contributed by atoms with Crippen molar-refractivity contribution in [2.24, 2.45) is 7.05 Å². The summed E-state index contributed by atoms with van der Waals surface area (Å²) in [4.78, 5) is 2.70. The fourth-order valence-corrected chi connectivity index (χ4v) is 4.87. The zero-order valence-electron chi connectivity index (χ0n) is 16.1. The summed E-state index contributed by atoms with van der Waals surface area (Å²) in [6.07, 6.45) is 0.909. The van der Waals surface area contributed by atoms with Gasteiger partial charge < -0.3 is 0 Å². The monoisotopic (exact) mass is 376 g/mol. The molecule has 26 heavy (non-hydrogen) atoms. The predicted molar refractivity (Wildman–Crippen MR) is 103 cm³/mol. The van der Waals surface area contributed by atoms with Crippen LogP contribution < -0.4 is 0 Å². The Bertz CT molecular complexity index is 864. The minimum Gasteiger partial charge on any atom is -0.296 e. The van der Waals surface area contributed by atoms with Crippen LogP contribution in [0.15, 0.2) is 29.2 Å². The molecule has 3 rings (SSSR count). The molecule has 0 amide bonds. The number of aryl methyl sites for hydroxylation is 3. The molecular formula is C19H28N4O2S. The Labute approximate surface area is 156 Å². The van der Waals surface area contributed by atoms with Gasteiger partial charge >= 0.3 is 0 Å². The molecule has 0 saturated carbocycles. The van der Waals surface area contributed by atoms with Gasteiger partial charge in [-0.25, -0.2) is 8.42 Å².